The van der Waals surface area contributed by atoms with Gasteiger partial charge in [0.1, 0.15) is 12.9 Å². The molecule has 1 aromatic carbocycles. The van der Waals surface area contributed by atoms with Crippen molar-refractivity contribution in [3.63, 3.8) is 0 Å². The molecule has 2 aromatic heterocycles. The maximum atomic E-state index is 12.6. The van der Waals surface area contributed by atoms with Gasteiger partial charge in [-0.1, -0.05) is 16.8 Å². The summed E-state index contributed by atoms with van der Waals surface area (Å²) in [6, 6.07) is 6.97. The number of fused-ring (bicyclic) bond motifs is 1. The van der Waals surface area contributed by atoms with E-state index in [1.54, 1.807) is 29.2 Å². The Morgan fingerprint density at radius 1 is 1.16 bits per heavy atom. The molecule has 0 saturated carbocycles. The van der Waals surface area contributed by atoms with Crippen LogP contribution in [0.3, 0.4) is 0 Å². The lowest BCUT2D eigenvalue weighted by molar-refractivity contribution is -0.130. The van der Waals surface area contributed by atoms with E-state index in [1.165, 1.54) is 15.6 Å². The molecule has 1 aliphatic heterocycles. The Balaban J connectivity index is 1.68. The lowest BCUT2D eigenvalue weighted by atomic mass is 10.3. The summed E-state index contributed by atoms with van der Waals surface area (Å²) in [6.45, 7) is 1.46. The molecule has 3 heterocycles. The number of carbonyl (C=O) groups is 1. The fraction of sp³-hybridized carbons (Fsp3) is 0.312. The van der Waals surface area contributed by atoms with E-state index in [1.807, 2.05) is 0 Å². The summed E-state index contributed by atoms with van der Waals surface area (Å²) in [5.74, 6) is -0.0779. The van der Waals surface area contributed by atoms with E-state index < -0.39 is 0 Å². The van der Waals surface area contributed by atoms with Gasteiger partial charge in [-0.05, 0) is 37.1 Å². The van der Waals surface area contributed by atoms with Crippen molar-refractivity contribution in [2.24, 2.45) is 0 Å². The van der Waals surface area contributed by atoms with Crippen LogP contribution in [0.25, 0.3) is 16.9 Å². The largest absolute Gasteiger partial charge is 0.341 e. The van der Waals surface area contributed by atoms with Crippen LogP contribution in [0.4, 0.5) is 0 Å². The first-order valence-electron chi connectivity index (χ1n) is 7.98. The van der Waals surface area contributed by atoms with Gasteiger partial charge in [0, 0.05) is 18.1 Å². The van der Waals surface area contributed by atoms with Gasteiger partial charge >= 0.3 is 0 Å². The number of halogens is 1. The smallest absolute Gasteiger partial charge is 0.284 e. The van der Waals surface area contributed by atoms with E-state index in [0.717, 1.165) is 25.9 Å². The van der Waals surface area contributed by atoms with Gasteiger partial charge in [-0.3, -0.25) is 14.2 Å². The molecule has 0 radical (unpaired) electrons. The van der Waals surface area contributed by atoms with Crippen LogP contribution >= 0.6 is 11.6 Å². The molecule has 128 valence electrons. The molecule has 0 atom stereocenters. The molecule has 3 aromatic rings. The zero-order chi connectivity index (χ0) is 17.4. The number of aromatic nitrogens is 5. The second-order valence-corrected chi connectivity index (χ2v) is 6.35. The number of benzene rings is 1. The topological polar surface area (TPSA) is 85.9 Å². The number of amides is 1. The predicted octanol–water partition coefficient (Wildman–Crippen LogP) is 1.25. The Morgan fingerprint density at radius 3 is 2.60 bits per heavy atom. The zero-order valence-corrected chi connectivity index (χ0v) is 14.1. The highest BCUT2D eigenvalue weighted by atomic mass is 35.5. The summed E-state index contributed by atoms with van der Waals surface area (Å²) < 4.78 is 2.75. The quantitative estimate of drug-likeness (QED) is 0.703. The maximum Gasteiger partial charge on any atom is 0.284 e. The summed E-state index contributed by atoms with van der Waals surface area (Å²) in [5, 5.41) is 8.55. The van der Waals surface area contributed by atoms with Crippen LogP contribution in [0.15, 0.2) is 35.4 Å². The summed E-state index contributed by atoms with van der Waals surface area (Å²) in [4.78, 5) is 30.9. The minimum absolute atomic E-state index is 0.0322. The summed E-state index contributed by atoms with van der Waals surface area (Å²) in [7, 11) is 0. The van der Waals surface area contributed by atoms with Gasteiger partial charge in [0.25, 0.3) is 5.56 Å². The van der Waals surface area contributed by atoms with Crippen molar-refractivity contribution in [2.45, 2.75) is 19.4 Å². The molecule has 1 saturated heterocycles. The number of hydrogen-bond donors (Lipinski definition) is 0. The highest BCUT2D eigenvalue weighted by Gasteiger charge is 2.20. The van der Waals surface area contributed by atoms with Gasteiger partial charge in [-0.2, -0.15) is 4.68 Å². The third kappa shape index (κ3) is 2.89. The van der Waals surface area contributed by atoms with E-state index in [0.29, 0.717) is 16.4 Å². The van der Waals surface area contributed by atoms with Gasteiger partial charge in [-0.25, -0.2) is 4.98 Å². The van der Waals surface area contributed by atoms with Crippen LogP contribution in [-0.4, -0.2) is 48.4 Å². The van der Waals surface area contributed by atoms with E-state index in [-0.39, 0.29) is 23.5 Å². The molecule has 9 heteroatoms. The van der Waals surface area contributed by atoms with Crippen molar-refractivity contribution in [1.82, 2.24) is 29.4 Å². The Bertz CT molecular complexity index is 988. The third-order valence-electron chi connectivity index (χ3n) is 4.27. The molecule has 8 nitrogen and oxygen atoms in total. The van der Waals surface area contributed by atoms with Crippen LogP contribution < -0.4 is 5.56 Å². The number of hydrogen-bond acceptors (Lipinski definition) is 5. The molecule has 1 amide bonds. The van der Waals surface area contributed by atoms with Crippen molar-refractivity contribution < 1.29 is 4.79 Å². The Hall–Kier alpha value is -2.74. The highest BCUT2D eigenvalue weighted by Crippen LogP contribution is 2.15. The summed E-state index contributed by atoms with van der Waals surface area (Å²) in [5.41, 5.74) is 0.798. The van der Waals surface area contributed by atoms with Gasteiger partial charge in [-0.15, -0.1) is 5.10 Å². The van der Waals surface area contributed by atoms with E-state index in [9.17, 15) is 9.59 Å². The third-order valence-corrected chi connectivity index (χ3v) is 4.52. The number of nitrogens with zero attached hydrogens (tertiary/aromatic N) is 6. The fourth-order valence-corrected chi connectivity index (χ4v) is 3.05. The molecule has 0 aliphatic carbocycles. The Morgan fingerprint density at radius 2 is 1.88 bits per heavy atom. The van der Waals surface area contributed by atoms with Crippen molar-refractivity contribution >= 4 is 28.7 Å². The van der Waals surface area contributed by atoms with Crippen LogP contribution in [0.2, 0.25) is 5.02 Å². The molecule has 0 N–H and O–H groups in total. The number of rotatable bonds is 3. The Kier molecular flexibility index (Phi) is 3.96. The molecule has 1 fully saturated rings. The first-order valence-corrected chi connectivity index (χ1v) is 8.36. The average Bonchev–Trinajstić information content (AvgIpc) is 3.28. The van der Waals surface area contributed by atoms with E-state index in [4.69, 9.17) is 11.6 Å². The van der Waals surface area contributed by atoms with E-state index >= 15 is 0 Å². The number of likely N-dealkylation sites (tertiary alicyclic amines) is 1. The maximum absolute atomic E-state index is 12.6. The van der Waals surface area contributed by atoms with Crippen molar-refractivity contribution in [1.29, 1.82) is 0 Å². The van der Waals surface area contributed by atoms with Crippen LogP contribution in [0.5, 0.6) is 0 Å². The monoisotopic (exact) mass is 358 g/mol. The first-order chi connectivity index (χ1) is 12.1. The predicted molar refractivity (Wildman–Crippen MR) is 91.7 cm³/mol. The van der Waals surface area contributed by atoms with Gasteiger partial charge in [0.05, 0.1) is 5.69 Å². The first kappa shape index (κ1) is 15.8. The van der Waals surface area contributed by atoms with Gasteiger partial charge in [0.15, 0.2) is 11.2 Å². The summed E-state index contributed by atoms with van der Waals surface area (Å²) in [6.07, 6.45) is 3.38. The SMILES string of the molecule is O=C(Cn1cnc2c(nnn2-c2ccc(Cl)cc2)c1=O)N1CCCC1. The lowest BCUT2D eigenvalue weighted by Crippen LogP contribution is -2.34. The minimum atomic E-state index is -0.377. The molecule has 0 bridgehead atoms. The standard InChI is InChI=1S/C16H15ClN6O2/c17-11-3-5-12(6-4-11)23-15-14(19-20-23)16(25)22(10-18-15)9-13(24)21-7-1-2-8-21/h3-6,10H,1-2,7-9H2. The lowest BCUT2D eigenvalue weighted by Gasteiger charge is -2.15. The van der Waals surface area contributed by atoms with Crippen molar-refractivity contribution in [3.05, 3.63) is 46.0 Å². The normalized spacial score (nSPS) is 14.4. The van der Waals surface area contributed by atoms with Crippen molar-refractivity contribution in [2.75, 3.05) is 13.1 Å². The van der Waals surface area contributed by atoms with Gasteiger partial charge in [0.2, 0.25) is 5.91 Å². The Labute approximate surface area is 147 Å². The molecule has 4 rings (SSSR count). The van der Waals surface area contributed by atoms with E-state index in [2.05, 4.69) is 15.3 Å². The highest BCUT2D eigenvalue weighted by molar-refractivity contribution is 6.30. The molecule has 0 unspecified atom stereocenters. The minimum Gasteiger partial charge on any atom is -0.341 e. The second-order valence-electron chi connectivity index (χ2n) is 5.92. The fourth-order valence-electron chi connectivity index (χ4n) is 2.93. The molecular formula is C16H15ClN6O2. The van der Waals surface area contributed by atoms with Crippen LogP contribution in [-0.2, 0) is 11.3 Å². The molecular weight excluding hydrogens is 344 g/mol. The van der Waals surface area contributed by atoms with Crippen molar-refractivity contribution in [3.8, 4) is 5.69 Å². The van der Waals surface area contributed by atoms with Crippen LogP contribution in [0, 0.1) is 0 Å². The molecule has 1 aliphatic rings. The number of carbonyl (C=O) groups excluding carboxylic acids is 1. The zero-order valence-electron chi connectivity index (χ0n) is 13.3. The average molecular weight is 359 g/mol. The second kappa shape index (κ2) is 6.29. The molecule has 25 heavy (non-hydrogen) atoms. The van der Waals surface area contributed by atoms with Crippen LogP contribution in [0.1, 0.15) is 12.8 Å². The summed E-state index contributed by atoms with van der Waals surface area (Å²) >= 11 is 5.89. The van der Waals surface area contributed by atoms with Gasteiger partial charge < -0.3 is 4.90 Å². The molecule has 0 spiro atoms.